The van der Waals surface area contributed by atoms with Crippen molar-refractivity contribution in [3.63, 3.8) is 0 Å². The fraction of sp³-hybridized carbons (Fsp3) is 0.458. The average molecular weight is 480 g/mol. The van der Waals surface area contributed by atoms with E-state index in [4.69, 9.17) is 9.84 Å². The molecule has 8 heteroatoms. The second-order valence-electron chi connectivity index (χ2n) is 8.61. The van der Waals surface area contributed by atoms with Gasteiger partial charge in [-0.25, -0.2) is 0 Å². The van der Waals surface area contributed by atoms with E-state index in [1.54, 1.807) is 6.07 Å². The summed E-state index contributed by atoms with van der Waals surface area (Å²) in [5.41, 5.74) is 1.49. The molecule has 6 nitrogen and oxygen atoms in total. The molecule has 2 aromatic rings. The molecular weight excluding hydrogens is 446 g/mol. The van der Waals surface area contributed by atoms with Crippen molar-refractivity contribution < 1.29 is 23.7 Å². The number of benzene rings is 2. The maximum absolute atomic E-state index is 11.4. The summed E-state index contributed by atoms with van der Waals surface area (Å²) in [6, 6.07) is 13.7. The van der Waals surface area contributed by atoms with Crippen LogP contribution in [-0.2, 0) is 4.79 Å². The number of thioether (sulfide) groups is 1. The molecule has 1 unspecified atom stereocenters. The molecule has 1 atom stereocenters. The van der Waals surface area contributed by atoms with Crippen LogP contribution in [0, 0.1) is 5.41 Å². The standard InChI is InChI=1S/C24H33NO5S2/c1-4-5-12-24(2)16-25(18-9-7-6-8-10-18)19-14-21(31-3)20(30-13-11-23(26)27)15-22(19)32(28,29)17-24/h6-10,14-15,28-29H,4-5,11-13,16-17H2,1-3H3,(H,26,27). The molecule has 0 fully saturated rings. The highest BCUT2D eigenvalue weighted by Crippen LogP contribution is 2.61. The summed E-state index contributed by atoms with van der Waals surface area (Å²) in [5.74, 6) is -0.164. The molecule has 0 aliphatic carbocycles. The summed E-state index contributed by atoms with van der Waals surface area (Å²) in [7, 11) is -3.09. The molecule has 0 aromatic heterocycles. The molecule has 3 N–H and O–H groups in total. The second-order valence-corrected chi connectivity index (χ2v) is 11.5. The van der Waals surface area contributed by atoms with Gasteiger partial charge in [-0.2, -0.15) is 10.6 Å². The highest BCUT2D eigenvalue weighted by atomic mass is 32.3. The summed E-state index contributed by atoms with van der Waals surface area (Å²) < 4.78 is 28.5. The predicted octanol–water partition coefficient (Wildman–Crippen LogP) is 6.72. The number of fused-ring (bicyclic) bond motifs is 1. The Labute approximate surface area is 196 Å². The molecule has 0 saturated carbocycles. The second kappa shape index (κ2) is 10.4. The van der Waals surface area contributed by atoms with E-state index in [2.05, 4.69) is 18.7 Å². The fourth-order valence-corrected chi connectivity index (χ4v) is 6.90. The number of anilines is 2. The number of hydrogen-bond donors (Lipinski definition) is 3. The Morgan fingerprint density at radius 1 is 1.25 bits per heavy atom. The number of rotatable bonds is 9. The summed E-state index contributed by atoms with van der Waals surface area (Å²) in [5, 5.41) is 8.95. The van der Waals surface area contributed by atoms with Crippen LogP contribution in [0.3, 0.4) is 0 Å². The first-order valence-electron chi connectivity index (χ1n) is 10.8. The lowest BCUT2D eigenvalue weighted by Gasteiger charge is -2.39. The van der Waals surface area contributed by atoms with E-state index in [0.29, 0.717) is 17.2 Å². The lowest BCUT2D eigenvalue weighted by molar-refractivity contribution is -0.137. The molecule has 1 heterocycles. The van der Waals surface area contributed by atoms with Gasteiger partial charge in [-0.3, -0.25) is 13.9 Å². The Hall–Kier alpha value is -1.87. The summed E-state index contributed by atoms with van der Waals surface area (Å²) in [6.07, 6.45) is 4.77. The van der Waals surface area contributed by atoms with Crippen LogP contribution in [-0.4, -0.2) is 45.3 Å². The van der Waals surface area contributed by atoms with Gasteiger partial charge in [0.15, 0.2) is 0 Å². The lowest BCUT2D eigenvalue weighted by Crippen LogP contribution is -2.35. The van der Waals surface area contributed by atoms with E-state index >= 15 is 0 Å². The van der Waals surface area contributed by atoms with Crippen molar-refractivity contribution in [2.75, 3.05) is 30.1 Å². The minimum atomic E-state index is -3.09. The van der Waals surface area contributed by atoms with Crippen LogP contribution in [0.4, 0.5) is 11.4 Å². The zero-order valence-electron chi connectivity index (χ0n) is 18.9. The van der Waals surface area contributed by atoms with Crippen LogP contribution in [0.15, 0.2) is 52.3 Å². The molecule has 32 heavy (non-hydrogen) atoms. The zero-order valence-corrected chi connectivity index (χ0v) is 20.5. The van der Waals surface area contributed by atoms with Gasteiger partial charge in [-0.1, -0.05) is 44.9 Å². The van der Waals surface area contributed by atoms with Gasteiger partial charge in [0, 0.05) is 29.5 Å². The van der Waals surface area contributed by atoms with Gasteiger partial charge in [-0.15, -0.1) is 11.8 Å². The smallest absolute Gasteiger partial charge is 0.306 e. The minimum Gasteiger partial charge on any atom is -0.492 e. The highest BCUT2D eigenvalue weighted by Gasteiger charge is 2.40. The first kappa shape index (κ1) is 24.8. The monoisotopic (exact) mass is 479 g/mol. The van der Waals surface area contributed by atoms with Crippen molar-refractivity contribution in [2.45, 2.75) is 49.3 Å². The number of hydrogen-bond acceptors (Lipinski definition) is 6. The van der Waals surface area contributed by atoms with Crippen LogP contribution in [0.25, 0.3) is 0 Å². The third-order valence-corrected chi connectivity index (χ3v) is 8.64. The number of para-hydroxylation sites is 1. The zero-order chi connectivity index (χ0) is 23.4. The predicted molar refractivity (Wildman–Crippen MR) is 133 cm³/mol. The maximum Gasteiger partial charge on any atom is 0.306 e. The fourth-order valence-electron chi connectivity index (χ4n) is 4.19. The lowest BCUT2D eigenvalue weighted by atomic mass is 9.86. The molecule has 0 bridgehead atoms. The van der Waals surface area contributed by atoms with Crippen LogP contribution >= 0.6 is 22.4 Å². The summed E-state index contributed by atoms with van der Waals surface area (Å²) >= 11 is 1.49. The van der Waals surface area contributed by atoms with Crippen LogP contribution in [0.1, 0.15) is 39.5 Å². The van der Waals surface area contributed by atoms with Gasteiger partial charge in [-0.05, 0) is 30.9 Å². The number of unbranched alkanes of at least 4 members (excludes halogenated alkanes) is 1. The van der Waals surface area contributed by atoms with Gasteiger partial charge in [0.05, 0.1) is 28.5 Å². The average Bonchev–Trinajstić information content (AvgIpc) is 2.84. The molecule has 2 aromatic carbocycles. The van der Waals surface area contributed by atoms with Gasteiger partial charge in [0.2, 0.25) is 0 Å². The Bertz CT molecular complexity index is 937. The minimum absolute atomic E-state index is 0.0253. The van der Waals surface area contributed by atoms with Gasteiger partial charge in [0.25, 0.3) is 0 Å². The van der Waals surface area contributed by atoms with E-state index in [1.165, 1.54) is 11.8 Å². The number of carbonyl (C=O) groups is 1. The van der Waals surface area contributed by atoms with Crippen molar-refractivity contribution in [3.8, 4) is 5.75 Å². The first-order chi connectivity index (χ1) is 15.2. The molecule has 3 rings (SSSR count). The van der Waals surface area contributed by atoms with Crippen LogP contribution in [0.5, 0.6) is 5.75 Å². The number of carboxylic acids is 1. The highest BCUT2D eigenvalue weighted by molar-refractivity contribution is 8.24. The first-order valence-corrected chi connectivity index (χ1v) is 13.8. The molecule has 0 saturated heterocycles. The van der Waals surface area contributed by atoms with Crippen molar-refractivity contribution in [3.05, 3.63) is 42.5 Å². The van der Waals surface area contributed by atoms with E-state index < -0.39 is 16.6 Å². The molecule has 1 aliphatic heterocycles. The van der Waals surface area contributed by atoms with Crippen molar-refractivity contribution in [1.82, 2.24) is 0 Å². The SMILES string of the molecule is CCCCC1(C)CN(c2ccccc2)c2cc(SC)c(OCCC(=O)O)cc2S(O)(O)C1. The third-order valence-electron chi connectivity index (χ3n) is 5.75. The van der Waals surface area contributed by atoms with Crippen molar-refractivity contribution in [1.29, 1.82) is 0 Å². The maximum atomic E-state index is 11.4. The van der Waals surface area contributed by atoms with E-state index in [9.17, 15) is 13.9 Å². The quantitative estimate of drug-likeness (QED) is 0.344. The largest absolute Gasteiger partial charge is 0.492 e. The molecule has 0 spiro atoms. The number of aliphatic carboxylic acids is 1. The van der Waals surface area contributed by atoms with Gasteiger partial charge >= 0.3 is 5.97 Å². The number of nitrogens with zero attached hydrogens (tertiary/aromatic N) is 1. The van der Waals surface area contributed by atoms with E-state index in [-0.39, 0.29) is 24.2 Å². The van der Waals surface area contributed by atoms with Crippen LogP contribution < -0.4 is 9.64 Å². The van der Waals surface area contributed by atoms with Crippen LogP contribution in [0.2, 0.25) is 0 Å². The Kier molecular flexibility index (Phi) is 8.03. The Morgan fingerprint density at radius 3 is 2.59 bits per heavy atom. The molecular formula is C24H33NO5S2. The van der Waals surface area contributed by atoms with Gasteiger partial charge < -0.3 is 14.7 Å². The molecule has 176 valence electrons. The molecule has 1 aliphatic rings. The number of ether oxygens (including phenoxy) is 1. The summed E-state index contributed by atoms with van der Waals surface area (Å²) in [6.45, 7) is 4.98. The number of carboxylic acid groups (broad SMARTS) is 1. The van der Waals surface area contributed by atoms with E-state index in [0.717, 1.165) is 35.5 Å². The van der Waals surface area contributed by atoms with E-state index in [1.807, 2.05) is 42.7 Å². The Morgan fingerprint density at radius 2 is 1.97 bits per heavy atom. The molecule has 0 amide bonds. The van der Waals surface area contributed by atoms with Crippen molar-refractivity contribution >= 4 is 39.7 Å². The summed E-state index contributed by atoms with van der Waals surface area (Å²) in [4.78, 5) is 14.4. The normalized spacial score (nSPS) is 20.8. The van der Waals surface area contributed by atoms with Gasteiger partial charge in [0.1, 0.15) is 5.75 Å². The molecule has 0 radical (unpaired) electrons. The topological polar surface area (TPSA) is 90.2 Å². The third kappa shape index (κ3) is 5.73. The Balaban J connectivity index is 2.13. The van der Waals surface area contributed by atoms with Crippen molar-refractivity contribution in [2.24, 2.45) is 5.41 Å².